The van der Waals surface area contributed by atoms with E-state index >= 15 is 0 Å². The van der Waals surface area contributed by atoms with E-state index in [4.69, 9.17) is 14.5 Å². The fraction of sp³-hybridized carbons (Fsp3) is 0.393. The van der Waals surface area contributed by atoms with Crippen LogP contribution in [0.25, 0.3) is 22.3 Å². The summed E-state index contributed by atoms with van der Waals surface area (Å²) < 4.78 is 13.0. The lowest BCUT2D eigenvalue weighted by atomic mass is 9.89. The average molecular weight is 487 g/mol. The fourth-order valence-corrected chi connectivity index (χ4v) is 5.01. The molecule has 0 aliphatic carbocycles. The topological polar surface area (TPSA) is 77.3 Å². The summed E-state index contributed by atoms with van der Waals surface area (Å²) >= 11 is 0. The average Bonchev–Trinajstić information content (AvgIpc) is 3.32. The molecule has 8 heteroatoms. The van der Waals surface area contributed by atoms with E-state index in [-0.39, 0.29) is 5.54 Å². The summed E-state index contributed by atoms with van der Waals surface area (Å²) in [5.41, 5.74) is 5.61. The fourth-order valence-electron chi connectivity index (χ4n) is 5.01. The summed E-state index contributed by atoms with van der Waals surface area (Å²) in [6.07, 6.45) is 9.07. The minimum absolute atomic E-state index is 0.119. The molecule has 188 valence electrons. The number of aromatic nitrogens is 4. The molecule has 1 atom stereocenters. The predicted octanol–water partition coefficient (Wildman–Crippen LogP) is 5.11. The molecule has 0 radical (unpaired) electrons. The molecule has 1 unspecified atom stereocenters. The maximum atomic E-state index is 5.59. The highest BCUT2D eigenvalue weighted by atomic mass is 16.5. The van der Waals surface area contributed by atoms with Crippen LogP contribution in [-0.2, 0) is 7.05 Å². The molecule has 0 spiro atoms. The molecular weight excluding hydrogens is 452 g/mol. The van der Waals surface area contributed by atoms with Crippen molar-refractivity contribution < 1.29 is 9.47 Å². The SMILES string of the molecule is COc1cc(OC)cc(N(CC2CCCC(C)(C)N2)c2ccc3ncc(-c4cnn(C)c4)nc3c2)c1. The zero-order chi connectivity index (χ0) is 25.3. The largest absolute Gasteiger partial charge is 0.497 e. The molecule has 4 aromatic rings. The first kappa shape index (κ1) is 24.1. The Hall–Kier alpha value is -3.65. The van der Waals surface area contributed by atoms with Crippen LogP contribution >= 0.6 is 0 Å². The van der Waals surface area contributed by atoms with E-state index in [1.807, 2.05) is 31.6 Å². The third kappa shape index (κ3) is 5.14. The van der Waals surface area contributed by atoms with Crippen molar-refractivity contribution in [1.82, 2.24) is 25.1 Å². The van der Waals surface area contributed by atoms with E-state index in [2.05, 4.69) is 58.4 Å². The van der Waals surface area contributed by atoms with Gasteiger partial charge in [0.1, 0.15) is 11.5 Å². The monoisotopic (exact) mass is 486 g/mol. The van der Waals surface area contributed by atoms with Crippen LogP contribution in [-0.4, -0.2) is 52.1 Å². The zero-order valence-electron chi connectivity index (χ0n) is 21.7. The smallest absolute Gasteiger partial charge is 0.124 e. The van der Waals surface area contributed by atoms with Crippen LogP contribution in [0.15, 0.2) is 55.0 Å². The standard InChI is InChI=1S/C28H34N6O2/c1-28(2)10-6-7-20(32-28)18-34(22-11-23(35-4)14-24(12-22)36-5)21-8-9-25-26(13-21)31-27(16-29-25)19-15-30-33(3)17-19/h8-9,11-17,20,32H,6-7,10,18H2,1-5H3. The van der Waals surface area contributed by atoms with E-state index in [1.54, 1.807) is 25.1 Å². The number of ether oxygens (including phenoxy) is 2. The Morgan fingerprint density at radius 3 is 2.47 bits per heavy atom. The number of piperidine rings is 1. The van der Waals surface area contributed by atoms with Crippen LogP contribution in [0.2, 0.25) is 0 Å². The van der Waals surface area contributed by atoms with Crippen molar-refractivity contribution in [3.63, 3.8) is 0 Å². The van der Waals surface area contributed by atoms with Gasteiger partial charge in [-0.2, -0.15) is 5.10 Å². The van der Waals surface area contributed by atoms with E-state index < -0.39 is 0 Å². The van der Waals surface area contributed by atoms with Crippen LogP contribution in [0.5, 0.6) is 11.5 Å². The number of hydrogen-bond acceptors (Lipinski definition) is 7. The Labute approximate surface area is 212 Å². The predicted molar refractivity (Wildman–Crippen MR) is 143 cm³/mol. The van der Waals surface area contributed by atoms with Gasteiger partial charge in [-0.1, -0.05) is 6.42 Å². The molecule has 0 bridgehead atoms. The summed E-state index contributed by atoms with van der Waals surface area (Å²) in [4.78, 5) is 11.9. The first-order chi connectivity index (χ1) is 17.3. The molecule has 1 fully saturated rings. The Balaban J connectivity index is 1.57. The lowest BCUT2D eigenvalue weighted by Crippen LogP contribution is -2.53. The molecule has 8 nitrogen and oxygen atoms in total. The number of benzene rings is 2. The number of anilines is 2. The van der Waals surface area contributed by atoms with Crippen molar-refractivity contribution in [3.05, 3.63) is 55.0 Å². The van der Waals surface area contributed by atoms with Gasteiger partial charge < -0.3 is 19.7 Å². The summed E-state index contributed by atoms with van der Waals surface area (Å²) in [6.45, 7) is 5.37. The van der Waals surface area contributed by atoms with Gasteiger partial charge in [0.2, 0.25) is 0 Å². The molecule has 1 saturated heterocycles. The number of nitrogens with one attached hydrogen (secondary N) is 1. The van der Waals surface area contributed by atoms with Gasteiger partial charge in [-0.3, -0.25) is 9.67 Å². The second kappa shape index (κ2) is 9.78. The van der Waals surface area contributed by atoms with Gasteiger partial charge in [0.05, 0.1) is 43.3 Å². The summed E-state index contributed by atoms with van der Waals surface area (Å²) in [7, 11) is 5.26. The van der Waals surface area contributed by atoms with Crippen LogP contribution in [0.4, 0.5) is 11.4 Å². The lowest BCUT2D eigenvalue weighted by Gasteiger charge is -2.40. The first-order valence-electron chi connectivity index (χ1n) is 12.4. The minimum Gasteiger partial charge on any atom is -0.497 e. The van der Waals surface area contributed by atoms with Crippen molar-refractivity contribution >= 4 is 22.4 Å². The van der Waals surface area contributed by atoms with E-state index in [9.17, 15) is 0 Å². The third-order valence-electron chi connectivity index (χ3n) is 6.84. The zero-order valence-corrected chi connectivity index (χ0v) is 21.7. The summed E-state index contributed by atoms with van der Waals surface area (Å²) in [5, 5.41) is 8.13. The van der Waals surface area contributed by atoms with Crippen LogP contribution < -0.4 is 19.7 Å². The molecular formula is C28H34N6O2. The van der Waals surface area contributed by atoms with Crippen molar-refractivity contribution in [2.75, 3.05) is 25.7 Å². The Morgan fingerprint density at radius 2 is 1.81 bits per heavy atom. The van der Waals surface area contributed by atoms with E-state index in [1.165, 1.54) is 12.8 Å². The molecule has 2 aromatic carbocycles. The van der Waals surface area contributed by atoms with Crippen molar-refractivity contribution in [2.45, 2.75) is 44.7 Å². The van der Waals surface area contributed by atoms with E-state index in [0.29, 0.717) is 6.04 Å². The van der Waals surface area contributed by atoms with E-state index in [0.717, 1.165) is 58.1 Å². The Morgan fingerprint density at radius 1 is 1.03 bits per heavy atom. The number of rotatable bonds is 7. The normalized spacial score (nSPS) is 17.2. The molecule has 0 amide bonds. The number of aryl methyl sites for hydroxylation is 1. The van der Waals surface area contributed by atoms with Crippen molar-refractivity contribution in [1.29, 1.82) is 0 Å². The van der Waals surface area contributed by atoms with Crippen molar-refractivity contribution in [3.8, 4) is 22.8 Å². The highest BCUT2D eigenvalue weighted by Gasteiger charge is 2.29. The maximum Gasteiger partial charge on any atom is 0.124 e. The van der Waals surface area contributed by atoms with Gasteiger partial charge >= 0.3 is 0 Å². The number of fused-ring (bicyclic) bond motifs is 1. The maximum absolute atomic E-state index is 5.59. The highest BCUT2D eigenvalue weighted by Crippen LogP contribution is 2.35. The van der Waals surface area contributed by atoms with Gasteiger partial charge in [0.15, 0.2) is 0 Å². The van der Waals surface area contributed by atoms with Crippen LogP contribution in [0.1, 0.15) is 33.1 Å². The minimum atomic E-state index is 0.119. The van der Waals surface area contributed by atoms with Gasteiger partial charge in [-0.25, -0.2) is 4.98 Å². The Bertz CT molecular complexity index is 1340. The van der Waals surface area contributed by atoms with Gasteiger partial charge in [-0.05, 0) is 44.9 Å². The highest BCUT2D eigenvalue weighted by molar-refractivity contribution is 5.82. The molecule has 36 heavy (non-hydrogen) atoms. The Kier molecular flexibility index (Phi) is 6.53. The lowest BCUT2D eigenvalue weighted by molar-refractivity contribution is 0.246. The quantitative estimate of drug-likeness (QED) is 0.389. The molecule has 3 heterocycles. The van der Waals surface area contributed by atoms with Crippen molar-refractivity contribution in [2.24, 2.45) is 7.05 Å². The first-order valence-corrected chi connectivity index (χ1v) is 12.4. The molecule has 2 aromatic heterocycles. The molecule has 1 aliphatic heterocycles. The summed E-state index contributed by atoms with van der Waals surface area (Å²) in [6, 6.07) is 12.6. The van der Waals surface area contributed by atoms with Gasteiger partial charge in [-0.15, -0.1) is 0 Å². The molecule has 5 rings (SSSR count). The second-order valence-electron chi connectivity index (χ2n) is 10.1. The van der Waals surface area contributed by atoms with Gasteiger partial charge in [0.25, 0.3) is 0 Å². The van der Waals surface area contributed by atoms with Crippen LogP contribution in [0.3, 0.4) is 0 Å². The molecule has 1 N–H and O–H groups in total. The third-order valence-corrected chi connectivity index (χ3v) is 6.84. The summed E-state index contributed by atoms with van der Waals surface area (Å²) in [5.74, 6) is 1.51. The second-order valence-corrected chi connectivity index (χ2v) is 10.1. The number of hydrogen-bond donors (Lipinski definition) is 1. The van der Waals surface area contributed by atoms with Crippen LogP contribution in [0, 0.1) is 0 Å². The number of methoxy groups -OCH3 is 2. The molecule has 0 saturated carbocycles. The number of nitrogens with zero attached hydrogens (tertiary/aromatic N) is 5. The van der Waals surface area contributed by atoms with Gasteiger partial charge in [0, 0.05) is 66.5 Å². The molecule has 1 aliphatic rings.